The lowest BCUT2D eigenvalue weighted by Gasteiger charge is -2.00. The molecule has 0 bridgehead atoms. The second kappa shape index (κ2) is 2.92. The molecule has 2 aromatic heterocycles. The van der Waals surface area contributed by atoms with Gasteiger partial charge in [0, 0.05) is 12.7 Å². The van der Waals surface area contributed by atoms with Crippen molar-refractivity contribution in [1.82, 2.24) is 14.5 Å². The highest BCUT2D eigenvalue weighted by molar-refractivity contribution is 7.71. The SMILES string of the molecule is S=c1[nH]c2ccncc2n1CC1CC1. The number of nitrogens with zero attached hydrogens (tertiary/aromatic N) is 2. The van der Waals surface area contributed by atoms with E-state index in [-0.39, 0.29) is 0 Å². The molecule has 1 aliphatic rings. The zero-order valence-corrected chi connectivity index (χ0v) is 8.55. The van der Waals surface area contributed by atoms with Crippen molar-refractivity contribution in [2.75, 3.05) is 0 Å². The van der Waals surface area contributed by atoms with E-state index in [4.69, 9.17) is 12.2 Å². The summed E-state index contributed by atoms with van der Waals surface area (Å²) in [5.41, 5.74) is 2.22. The summed E-state index contributed by atoms with van der Waals surface area (Å²) in [6, 6.07) is 1.97. The number of hydrogen-bond donors (Lipinski definition) is 1. The summed E-state index contributed by atoms with van der Waals surface area (Å²) in [7, 11) is 0. The van der Waals surface area contributed by atoms with E-state index < -0.39 is 0 Å². The van der Waals surface area contributed by atoms with E-state index in [0.717, 1.165) is 28.3 Å². The van der Waals surface area contributed by atoms with E-state index in [0.29, 0.717) is 0 Å². The van der Waals surface area contributed by atoms with Gasteiger partial charge in [0.15, 0.2) is 4.77 Å². The number of aromatic nitrogens is 3. The van der Waals surface area contributed by atoms with Crippen LogP contribution in [-0.4, -0.2) is 14.5 Å². The van der Waals surface area contributed by atoms with Crippen LogP contribution in [0, 0.1) is 10.7 Å². The fourth-order valence-corrected chi connectivity index (χ4v) is 2.02. The molecule has 2 heterocycles. The van der Waals surface area contributed by atoms with Gasteiger partial charge in [-0.3, -0.25) is 4.98 Å². The molecule has 4 heteroatoms. The Morgan fingerprint density at radius 3 is 3.21 bits per heavy atom. The average Bonchev–Trinajstić information content (AvgIpc) is 2.93. The summed E-state index contributed by atoms with van der Waals surface area (Å²) >= 11 is 5.28. The van der Waals surface area contributed by atoms with Crippen LogP contribution in [0.3, 0.4) is 0 Å². The number of nitrogens with one attached hydrogen (secondary N) is 1. The zero-order chi connectivity index (χ0) is 9.54. The molecule has 1 aliphatic carbocycles. The van der Waals surface area contributed by atoms with Crippen molar-refractivity contribution >= 4 is 23.3 Å². The molecule has 0 aromatic carbocycles. The van der Waals surface area contributed by atoms with Gasteiger partial charge in [-0.15, -0.1) is 0 Å². The number of aromatic amines is 1. The number of pyridine rings is 1. The van der Waals surface area contributed by atoms with Gasteiger partial charge in [-0.05, 0) is 37.0 Å². The summed E-state index contributed by atoms with van der Waals surface area (Å²) < 4.78 is 2.98. The van der Waals surface area contributed by atoms with E-state index >= 15 is 0 Å². The summed E-state index contributed by atoms with van der Waals surface area (Å²) in [5.74, 6) is 0.834. The Hall–Kier alpha value is -1.16. The van der Waals surface area contributed by atoms with E-state index in [1.54, 1.807) is 6.20 Å². The molecule has 14 heavy (non-hydrogen) atoms. The lowest BCUT2D eigenvalue weighted by Crippen LogP contribution is -1.99. The van der Waals surface area contributed by atoms with E-state index in [2.05, 4.69) is 14.5 Å². The molecule has 2 aromatic rings. The molecule has 72 valence electrons. The molecule has 3 rings (SSSR count). The Labute approximate surface area is 86.8 Å². The van der Waals surface area contributed by atoms with Gasteiger partial charge >= 0.3 is 0 Å². The van der Waals surface area contributed by atoms with Crippen LogP contribution < -0.4 is 0 Å². The third kappa shape index (κ3) is 1.26. The standard InChI is InChI=1S/C10H11N3S/c14-10-12-8-3-4-11-5-9(8)13(10)6-7-1-2-7/h3-5,7H,1-2,6H2,(H,12,14). The first-order valence-corrected chi connectivity index (χ1v) is 5.28. The Morgan fingerprint density at radius 2 is 2.43 bits per heavy atom. The molecule has 0 spiro atoms. The van der Waals surface area contributed by atoms with Crippen LogP contribution in [0.2, 0.25) is 0 Å². The Kier molecular flexibility index (Phi) is 1.70. The molecule has 3 nitrogen and oxygen atoms in total. The molecule has 0 aliphatic heterocycles. The molecule has 0 radical (unpaired) electrons. The minimum Gasteiger partial charge on any atom is -0.330 e. The van der Waals surface area contributed by atoms with Crippen molar-refractivity contribution < 1.29 is 0 Å². The van der Waals surface area contributed by atoms with Crippen molar-refractivity contribution in [3.63, 3.8) is 0 Å². The number of hydrogen-bond acceptors (Lipinski definition) is 2. The van der Waals surface area contributed by atoms with E-state index in [1.165, 1.54) is 12.8 Å². The topological polar surface area (TPSA) is 33.6 Å². The maximum atomic E-state index is 5.28. The summed E-state index contributed by atoms with van der Waals surface area (Å²) in [6.45, 7) is 1.05. The molecule has 0 saturated heterocycles. The third-order valence-corrected chi connectivity index (χ3v) is 3.04. The molecule has 1 saturated carbocycles. The second-order valence-electron chi connectivity index (χ2n) is 3.88. The monoisotopic (exact) mass is 205 g/mol. The van der Waals surface area contributed by atoms with E-state index in [1.807, 2.05) is 12.3 Å². The predicted octanol–water partition coefficient (Wildman–Crippen LogP) is 2.50. The van der Waals surface area contributed by atoms with Gasteiger partial charge in [0.2, 0.25) is 0 Å². The first kappa shape index (κ1) is 8.17. The van der Waals surface area contributed by atoms with Crippen LogP contribution in [0.5, 0.6) is 0 Å². The van der Waals surface area contributed by atoms with Crippen LogP contribution in [-0.2, 0) is 6.54 Å². The number of fused-ring (bicyclic) bond motifs is 1. The van der Waals surface area contributed by atoms with Gasteiger partial charge in [-0.2, -0.15) is 0 Å². The maximum Gasteiger partial charge on any atom is 0.178 e. The van der Waals surface area contributed by atoms with Gasteiger partial charge in [-0.1, -0.05) is 0 Å². The smallest absolute Gasteiger partial charge is 0.178 e. The van der Waals surface area contributed by atoms with Gasteiger partial charge in [0.05, 0.1) is 17.2 Å². The largest absolute Gasteiger partial charge is 0.330 e. The fraction of sp³-hybridized carbons (Fsp3) is 0.400. The Balaban J connectivity index is 2.18. The minimum atomic E-state index is 0.819. The van der Waals surface area contributed by atoms with Gasteiger partial charge in [-0.25, -0.2) is 0 Å². The quantitative estimate of drug-likeness (QED) is 0.764. The maximum absolute atomic E-state index is 5.28. The van der Waals surface area contributed by atoms with Crippen molar-refractivity contribution in [1.29, 1.82) is 0 Å². The van der Waals surface area contributed by atoms with Crippen LogP contribution in [0.4, 0.5) is 0 Å². The number of rotatable bonds is 2. The lowest BCUT2D eigenvalue weighted by atomic mass is 10.4. The molecule has 0 amide bonds. The first-order chi connectivity index (χ1) is 6.84. The second-order valence-corrected chi connectivity index (χ2v) is 4.26. The highest BCUT2D eigenvalue weighted by atomic mass is 32.1. The van der Waals surface area contributed by atoms with Crippen LogP contribution in [0.15, 0.2) is 18.5 Å². The Bertz CT molecular complexity index is 521. The average molecular weight is 205 g/mol. The number of imidazole rings is 1. The molecule has 0 unspecified atom stereocenters. The predicted molar refractivity (Wildman–Crippen MR) is 57.6 cm³/mol. The normalized spacial score (nSPS) is 16.3. The highest BCUT2D eigenvalue weighted by Crippen LogP contribution is 2.31. The van der Waals surface area contributed by atoms with Crippen LogP contribution in [0.25, 0.3) is 11.0 Å². The van der Waals surface area contributed by atoms with Crippen LogP contribution in [0.1, 0.15) is 12.8 Å². The van der Waals surface area contributed by atoms with Crippen LogP contribution >= 0.6 is 12.2 Å². The Morgan fingerprint density at radius 1 is 1.57 bits per heavy atom. The van der Waals surface area contributed by atoms with Gasteiger partial charge in [0.1, 0.15) is 0 Å². The zero-order valence-electron chi connectivity index (χ0n) is 7.73. The third-order valence-electron chi connectivity index (χ3n) is 2.72. The van der Waals surface area contributed by atoms with Gasteiger partial charge in [0.25, 0.3) is 0 Å². The van der Waals surface area contributed by atoms with Crippen molar-refractivity contribution in [2.24, 2.45) is 5.92 Å². The van der Waals surface area contributed by atoms with Gasteiger partial charge < -0.3 is 9.55 Å². The van der Waals surface area contributed by atoms with Crippen molar-refractivity contribution in [2.45, 2.75) is 19.4 Å². The molecule has 1 fully saturated rings. The fourth-order valence-electron chi connectivity index (χ4n) is 1.74. The summed E-state index contributed by atoms with van der Waals surface area (Å²) in [5, 5.41) is 0. The summed E-state index contributed by atoms with van der Waals surface area (Å²) in [6.07, 6.45) is 6.35. The number of H-pyrrole nitrogens is 1. The molecular formula is C10H11N3S. The first-order valence-electron chi connectivity index (χ1n) is 4.87. The van der Waals surface area contributed by atoms with Crippen molar-refractivity contribution in [3.8, 4) is 0 Å². The summed E-state index contributed by atoms with van der Waals surface area (Å²) in [4.78, 5) is 7.33. The minimum absolute atomic E-state index is 0.819. The van der Waals surface area contributed by atoms with Crippen molar-refractivity contribution in [3.05, 3.63) is 23.2 Å². The highest BCUT2D eigenvalue weighted by Gasteiger charge is 2.22. The molecule has 1 N–H and O–H groups in total. The molecule has 0 atom stereocenters. The van der Waals surface area contributed by atoms with E-state index in [9.17, 15) is 0 Å². The molecular weight excluding hydrogens is 194 g/mol. The lowest BCUT2D eigenvalue weighted by molar-refractivity contribution is 0.635.